The molecule has 0 radical (unpaired) electrons. The van der Waals surface area contributed by atoms with Gasteiger partial charge in [0.2, 0.25) is 5.56 Å². The Morgan fingerprint density at radius 2 is 1.94 bits per heavy atom. The highest BCUT2D eigenvalue weighted by Crippen LogP contribution is 2.23. The molecule has 2 rings (SSSR count). The van der Waals surface area contributed by atoms with E-state index in [0.717, 1.165) is 25.4 Å². The van der Waals surface area contributed by atoms with Gasteiger partial charge in [0.05, 0.1) is 17.1 Å². The van der Waals surface area contributed by atoms with Crippen molar-refractivity contribution in [3.8, 4) is 11.9 Å². The number of aromatic nitrogens is 1. The van der Waals surface area contributed by atoms with E-state index in [1.165, 1.54) is 30.5 Å². The first-order valence-corrected chi connectivity index (χ1v) is 10.7. The van der Waals surface area contributed by atoms with Gasteiger partial charge in [0.1, 0.15) is 11.8 Å². The van der Waals surface area contributed by atoms with Crippen molar-refractivity contribution in [2.75, 3.05) is 12.8 Å². The average molecular weight is 468 g/mol. The molecule has 13 heteroatoms. The third-order valence-corrected chi connectivity index (χ3v) is 5.71. The van der Waals surface area contributed by atoms with E-state index in [1.54, 1.807) is 0 Å². The minimum absolute atomic E-state index is 0.0601. The number of ether oxygens (including phenoxy) is 1. The fourth-order valence-electron chi connectivity index (χ4n) is 2.63. The summed E-state index contributed by atoms with van der Waals surface area (Å²) in [4.78, 5) is 38.8. The first-order valence-electron chi connectivity index (χ1n) is 8.92. The van der Waals surface area contributed by atoms with E-state index in [1.807, 2.05) is 0 Å². The predicted octanol–water partition coefficient (Wildman–Crippen LogP) is 0.629. The van der Waals surface area contributed by atoms with Gasteiger partial charge in [-0.15, -0.1) is 0 Å². The van der Waals surface area contributed by atoms with E-state index in [0.29, 0.717) is 4.90 Å². The highest BCUT2D eigenvalue weighted by atomic mass is 32.2. The van der Waals surface area contributed by atoms with Gasteiger partial charge < -0.3 is 15.0 Å². The van der Waals surface area contributed by atoms with E-state index in [9.17, 15) is 31.6 Å². The zero-order valence-electron chi connectivity index (χ0n) is 16.6. The minimum atomic E-state index is -4.17. The Bertz CT molecular complexity index is 1170. The zero-order chi connectivity index (χ0) is 23.9. The molecule has 32 heavy (non-hydrogen) atoms. The van der Waals surface area contributed by atoms with Crippen LogP contribution in [0.2, 0.25) is 0 Å². The smallest absolute Gasteiger partial charge is 0.387 e. The second kappa shape index (κ2) is 10.5. The number of nitriles is 1. The quantitative estimate of drug-likeness (QED) is 0.405. The average Bonchev–Trinajstić information content (AvgIpc) is 2.73. The molecule has 0 saturated carbocycles. The Morgan fingerprint density at radius 1 is 1.25 bits per heavy atom. The molecule has 2 N–H and O–H groups in total. The molecule has 0 aliphatic heterocycles. The molecule has 1 aromatic heterocycles. The topological polar surface area (TPSA) is 149 Å². The fourth-order valence-corrected chi connectivity index (χ4v) is 4.20. The van der Waals surface area contributed by atoms with Gasteiger partial charge in [0.25, 0.3) is 11.8 Å². The SMILES string of the molecule is CN(C#N)C(=O)[C@H](CS(=O)(=O)Cc1ccccc1OC(F)F)NC(=O)c1ccc(=O)[nH]c1. The molecule has 0 unspecified atom stereocenters. The van der Waals surface area contributed by atoms with Crippen molar-refractivity contribution < 1.29 is 31.5 Å². The third-order valence-electron chi connectivity index (χ3n) is 4.12. The molecule has 1 heterocycles. The number of likely N-dealkylation sites (N-methyl/N-ethyl adjacent to an activating group) is 1. The molecule has 0 aliphatic rings. The Morgan fingerprint density at radius 3 is 2.53 bits per heavy atom. The number of aromatic amines is 1. The maximum Gasteiger partial charge on any atom is 0.387 e. The molecule has 0 fully saturated rings. The van der Waals surface area contributed by atoms with E-state index < -0.39 is 51.4 Å². The predicted molar refractivity (Wildman–Crippen MR) is 107 cm³/mol. The van der Waals surface area contributed by atoms with Crippen molar-refractivity contribution in [1.82, 2.24) is 15.2 Å². The number of alkyl halides is 2. The zero-order valence-corrected chi connectivity index (χ0v) is 17.4. The van der Waals surface area contributed by atoms with Crippen LogP contribution in [0.3, 0.4) is 0 Å². The molecule has 0 spiro atoms. The molecule has 1 atom stereocenters. The van der Waals surface area contributed by atoms with Crippen molar-refractivity contribution in [1.29, 1.82) is 5.26 Å². The number of hydrogen-bond acceptors (Lipinski definition) is 7. The lowest BCUT2D eigenvalue weighted by Crippen LogP contribution is -2.50. The van der Waals surface area contributed by atoms with Crippen LogP contribution in [0.15, 0.2) is 47.4 Å². The Hall–Kier alpha value is -3.79. The number of para-hydroxylation sites is 1. The van der Waals surface area contributed by atoms with E-state index in [2.05, 4.69) is 15.0 Å². The first kappa shape index (κ1) is 24.5. The van der Waals surface area contributed by atoms with Crippen molar-refractivity contribution >= 4 is 21.7 Å². The number of halogens is 2. The highest BCUT2D eigenvalue weighted by molar-refractivity contribution is 7.90. The van der Waals surface area contributed by atoms with Gasteiger partial charge in [0, 0.05) is 24.9 Å². The van der Waals surface area contributed by atoms with Crippen LogP contribution in [-0.4, -0.2) is 55.6 Å². The molecule has 2 aromatic rings. The highest BCUT2D eigenvalue weighted by Gasteiger charge is 2.31. The van der Waals surface area contributed by atoms with Crippen LogP contribution < -0.4 is 15.6 Å². The first-order chi connectivity index (χ1) is 15.0. The summed E-state index contributed by atoms with van der Waals surface area (Å²) in [6, 6.07) is 5.81. The summed E-state index contributed by atoms with van der Waals surface area (Å²) in [5.41, 5.74) is -0.611. The van der Waals surface area contributed by atoms with Gasteiger partial charge in [0.15, 0.2) is 16.0 Å². The number of benzene rings is 1. The van der Waals surface area contributed by atoms with Gasteiger partial charge in [-0.3, -0.25) is 19.3 Å². The van der Waals surface area contributed by atoms with Gasteiger partial charge in [-0.05, 0) is 12.1 Å². The summed E-state index contributed by atoms with van der Waals surface area (Å²) in [5, 5.41) is 11.2. The number of carbonyl (C=O) groups is 2. The van der Waals surface area contributed by atoms with Gasteiger partial charge in [-0.2, -0.15) is 14.0 Å². The number of hydrogen-bond donors (Lipinski definition) is 2. The second-order valence-corrected chi connectivity index (χ2v) is 8.61. The number of pyridine rings is 1. The lowest BCUT2D eigenvalue weighted by atomic mass is 10.2. The molecule has 0 bridgehead atoms. The summed E-state index contributed by atoms with van der Waals surface area (Å²) in [5.74, 6) is -3.91. The molecule has 0 saturated heterocycles. The molecular formula is C19H18F2N4O6S. The maximum absolute atomic E-state index is 12.7. The Labute approximate surface area is 181 Å². The Balaban J connectivity index is 2.27. The lowest BCUT2D eigenvalue weighted by Gasteiger charge is -2.20. The number of amides is 2. The van der Waals surface area contributed by atoms with Crippen LogP contribution in [0.4, 0.5) is 8.78 Å². The van der Waals surface area contributed by atoms with Crippen LogP contribution in [-0.2, 0) is 20.4 Å². The van der Waals surface area contributed by atoms with Crippen molar-refractivity contribution in [2.24, 2.45) is 0 Å². The van der Waals surface area contributed by atoms with Crippen LogP contribution in [0, 0.1) is 11.5 Å². The van der Waals surface area contributed by atoms with Crippen molar-refractivity contribution in [3.63, 3.8) is 0 Å². The van der Waals surface area contributed by atoms with Crippen LogP contribution in [0.25, 0.3) is 0 Å². The standard InChI is InChI=1S/C19H18F2N4O6S/c1-25(11-22)18(28)14(24-17(27)12-6-7-16(26)23-8-12)10-32(29,30)9-13-4-2-3-5-15(13)31-19(20)21/h2-8,14,19H,9-10H2,1H3,(H,23,26)(H,24,27)/t14-/m0/s1. The molecular weight excluding hydrogens is 450 g/mol. The summed E-state index contributed by atoms with van der Waals surface area (Å²) >= 11 is 0. The number of carbonyl (C=O) groups excluding carboxylic acids is 2. The summed E-state index contributed by atoms with van der Waals surface area (Å²) in [6.07, 6.45) is 2.59. The van der Waals surface area contributed by atoms with E-state index in [-0.39, 0.29) is 16.9 Å². The summed E-state index contributed by atoms with van der Waals surface area (Å²) in [6.45, 7) is -3.17. The summed E-state index contributed by atoms with van der Waals surface area (Å²) in [7, 11) is -3.08. The molecule has 10 nitrogen and oxygen atoms in total. The fraction of sp³-hybridized carbons (Fsp3) is 0.263. The minimum Gasteiger partial charge on any atom is -0.435 e. The maximum atomic E-state index is 12.7. The van der Waals surface area contributed by atoms with Crippen LogP contribution >= 0.6 is 0 Å². The number of rotatable bonds is 9. The summed E-state index contributed by atoms with van der Waals surface area (Å²) < 4.78 is 54.9. The lowest BCUT2D eigenvalue weighted by molar-refractivity contribution is -0.128. The molecule has 1 aromatic carbocycles. The molecule has 0 aliphatic carbocycles. The van der Waals surface area contributed by atoms with Gasteiger partial charge >= 0.3 is 6.61 Å². The monoisotopic (exact) mass is 468 g/mol. The van der Waals surface area contributed by atoms with Crippen LogP contribution in [0.1, 0.15) is 15.9 Å². The van der Waals surface area contributed by atoms with Gasteiger partial charge in [-0.25, -0.2) is 8.42 Å². The van der Waals surface area contributed by atoms with Gasteiger partial charge in [-0.1, -0.05) is 18.2 Å². The van der Waals surface area contributed by atoms with E-state index in [4.69, 9.17) is 5.26 Å². The molecule has 170 valence electrons. The largest absolute Gasteiger partial charge is 0.435 e. The number of nitrogens with zero attached hydrogens (tertiary/aromatic N) is 2. The number of sulfone groups is 1. The normalized spacial score (nSPS) is 12.0. The Kier molecular flexibility index (Phi) is 8.03. The molecule has 2 amide bonds. The number of H-pyrrole nitrogens is 1. The van der Waals surface area contributed by atoms with Crippen molar-refractivity contribution in [3.05, 3.63) is 64.1 Å². The van der Waals surface area contributed by atoms with Crippen LogP contribution in [0.5, 0.6) is 5.75 Å². The second-order valence-electron chi connectivity index (χ2n) is 6.51. The third kappa shape index (κ3) is 6.88. The van der Waals surface area contributed by atoms with Crippen molar-refractivity contribution in [2.45, 2.75) is 18.4 Å². The van der Waals surface area contributed by atoms with E-state index >= 15 is 0 Å². The number of nitrogens with one attached hydrogen (secondary N) is 2.